The van der Waals surface area contributed by atoms with Crippen LogP contribution in [0.2, 0.25) is 5.02 Å². The van der Waals surface area contributed by atoms with Crippen molar-refractivity contribution in [3.8, 4) is 0 Å². The number of ketones is 1. The Hall–Kier alpha value is -2.64. The minimum atomic E-state index is -0.603. The summed E-state index contributed by atoms with van der Waals surface area (Å²) in [7, 11) is 0. The number of halogens is 1. The molecule has 3 N–H and O–H groups in total. The number of aromatic amines is 1. The molecular weight excluding hydrogens is 384 g/mol. The van der Waals surface area contributed by atoms with Gasteiger partial charge in [-0.25, -0.2) is 9.78 Å². The molecule has 1 atom stereocenters. The summed E-state index contributed by atoms with van der Waals surface area (Å²) in [5.41, 5.74) is 0.512. The Bertz CT molecular complexity index is 941. The quantitative estimate of drug-likeness (QED) is 0.517. The molecule has 0 aliphatic carbocycles. The van der Waals surface area contributed by atoms with Crippen molar-refractivity contribution in [3.63, 3.8) is 0 Å². The first kappa shape index (κ1) is 19.1. The van der Waals surface area contributed by atoms with Gasteiger partial charge in [-0.05, 0) is 43.7 Å². The van der Waals surface area contributed by atoms with E-state index in [2.05, 4.69) is 20.6 Å². The lowest BCUT2D eigenvalue weighted by Crippen LogP contribution is -2.45. The maximum Gasteiger partial charge on any atom is 0.320 e. The average molecular weight is 403 g/mol. The number of anilines is 1. The molecule has 0 saturated carbocycles. The molecule has 0 unspecified atom stereocenters. The molecule has 0 radical (unpaired) electrons. The maximum atomic E-state index is 12.7. The molecule has 27 heavy (non-hydrogen) atoms. The van der Waals surface area contributed by atoms with Crippen LogP contribution in [0.15, 0.2) is 48.1 Å². The van der Waals surface area contributed by atoms with Gasteiger partial charge >= 0.3 is 6.03 Å². The monoisotopic (exact) mass is 402 g/mol. The van der Waals surface area contributed by atoms with Crippen molar-refractivity contribution in [1.82, 2.24) is 15.3 Å². The van der Waals surface area contributed by atoms with Crippen molar-refractivity contribution in [1.29, 1.82) is 0 Å². The minimum Gasteiger partial charge on any atom is -0.359 e. The molecule has 0 aliphatic heterocycles. The molecule has 140 valence electrons. The number of aromatic nitrogens is 2. The van der Waals surface area contributed by atoms with E-state index in [1.54, 1.807) is 42.7 Å². The number of amides is 2. The van der Waals surface area contributed by atoms with Crippen molar-refractivity contribution in [2.24, 2.45) is 0 Å². The molecule has 6 nitrogen and oxygen atoms in total. The Balaban J connectivity index is 1.83. The van der Waals surface area contributed by atoms with Crippen molar-refractivity contribution in [2.75, 3.05) is 5.32 Å². The first-order chi connectivity index (χ1) is 12.9. The van der Waals surface area contributed by atoms with Crippen LogP contribution < -0.4 is 10.6 Å². The van der Waals surface area contributed by atoms with Gasteiger partial charge in [-0.2, -0.15) is 0 Å². The van der Waals surface area contributed by atoms with Crippen LogP contribution in [0.25, 0.3) is 0 Å². The normalized spacial score (nSPS) is 13.0. The smallest absolute Gasteiger partial charge is 0.320 e. The Morgan fingerprint density at radius 2 is 2.15 bits per heavy atom. The highest BCUT2D eigenvalue weighted by molar-refractivity contribution is 7.09. The molecule has 1 aromatic carbocycles. The zero-order valence-corrected chi connectivity index (χ0v) is 16.4. The molecule has 0 saturated heterocycles. The number of nitrogens with one attached hydrogen (secondary N) is 3. The van der Waals surface area contributed by atoms with Crippen LogP contribution >= 0.6 is 22.9 Å². The SMILES string of the molecule is CC[C@@](C)(NC(=O)Nc1ccc(Cl)cc1C(=O)c1ccc[nH]1)c1nccs1. The number of carbonyl (C=O) groups is 2. The number of H-pyrrole nitrogens is 1. The van der Waals surface area contributed by atoms with Gasteiger partial charge in [0.2, 0.25) is 5.78 Å². The fourth-order valence-electron chi connectivity index (χ4n) is 2.62. The number of hydrogen-bond acceptors (Lipinski definition) is 4. The highest BCUT2D eigenvalue weighted by atomic mass is 35.5. The second kappa shape index (κ2) is 7.94. The summed E-state index contributed by atoms with van der Waals surface area (Å²) >= 11 is 7.54. The Morgan fingerprint density at radius 3 is 2.78 bits per heavy atom. The Morgan fingerprint density at radius 1 is 1.33 bits per heavy atom. The fourth-order valence-corrected chi connectivity index (χ4v) is 3.62. The van der Waals surface area contributed by atoms with E-state index in [1.165, 1.54) is 11.3 Å². The van der Waals surface area contributed by atoms with Crippen LogP contribution in [-0.2, 0) is 5.54 Å². The third-order valence-electron chi connectivity index (χ3n) is 4.32. The summed E-state index contributed by atoms with van der Waals surface area (Å²) in [4.78, 5) is 32.5. The first-order valence-electron chi connectivity index (χ1n) is 8.39. The van der Waals surface area contributed by atoms with Crippen LogP contribution in [-0.4, -0.2) is 21.8 Å². The average Bonchev–Trinajstić information content (AvgIpc) is 3.36. The third-order valence-corrected chi connectivity index (χ3v) is 5.59. The standard InChI is InChI=1S/C19H19ClN4O2S/c1-3-19(2,17-22-9-10-27-17)24-18(26)23-14-7-6-12(20)11-13(14)16(25)15-5-4-8-21-15/h4-11,21H,3H2,1-2H3,(H2,23,24,26)/t19-/m1/s1. The van der Waals surface area contributed by atoms with Gasteiger partial charge in [0.15, 0.2) is 0 Å². The predicted octanol–water partition coefficient (Wildman–Crippen LogP) is 4.80. The predicted molar refractivity (Wildman–Crippen MR) is 108 cm³/mol. The first-order valence-corrected chi connectivity index (χ1v) is 9.65. The van der Waals surface area contributed by atoms with E-state index in [-0.39, 0.29) is 5.78 Å². The van der Waals surface area contributed by atoms with Crippen LogP contribution in [0, 0.1) is 0 Å². The number of benzene rings is 1. The zero-order chi connectivity index (χ0) is 19.4. The van der Waals surface area contributed by atoms with Crippen LogP contribution in [0.5, 0.6) is 0 Å². The van der Waals surface area contributed by atoms with E-state index in [0.717, 1.165) is 5.01 Å². The molecule has 0 spiro atoms. The zero-order valence-electron chi connectivity index (χ0n) is 14.9. The molecule has 2 heterocycles. The van der Waals surface area contributed by atoms with Crippen LogP contribution in [0.3, 0.4) is 0 Å². The number of hydrogen-bond donors (Lipinski definition) is 3. The number of carbonyl (C=O) groups excluding carboxylic acids is 2. The van der Waals surface area contributed by atoms with Crippen molar-refractivity contribution >= 4 is 40.4 Å². The largest absolute Gasteiger partial charge is 0.359 e. The summed E-state index contributed by atoms with van der Waals surface area (Å²) in [5.74, 6) is -0.254. The van der Waals surface area contributed by atoms with Gasteiger partial charge in [0.1, 0.15) is 5.01 Å². The number of urea groups is 1. The van der Waals surface area contributed by atoms with E-state index in [1.807, 2.05) is 19.2 Å². The third kappa shape index (κ3) is 4.20. The molecule has 0 aliphatic rings. The lowest BCUT2D eigenvalue weighted by molar-refractivity contribution is 0.103. The van der Waals surface area contributed by atoms with Gasteiger partial charge in [0.05, 0.1) is 16.9 Å². The minimum absolute atomic E-state index is 0.254. The van der Waals surface area contributed by atoms with Gasteiger partial charge in [0.25, 0.3) is 0 Å². The van der Waals surface area contributed by atoms with Gasteiger partial charge in [-0.1, -0.05) is 18.5 Å². The maximum absolute atomic E-state index is 12.7. The van der Waals surface area contributed by atoms with Gasteiger partial charge in [-0.3, -0.25) is 4.79 Å². The number of nitrogens with zero attached hydrogens (tertiary/aromatic N) is 1. The van der Waals surface area contributed by atoms with E-state index in [0.29, 0.717) is 28.4 Å². The molecule has 0 fully saturated rings. The summed E-state index contributed by atoms with van der Waals surface area (Å²) in [6.07, 6.45) is 4.04. The fraction of sp³-hybridized carbons (Fsp3) is 0.211. The van der Waals surface area contributed by atoms with Crippen LogP contribution in [0.1, 0.15) is 41.3 Å². The summed E-state index contributed by atoms with van der Waals surface area (Å²) in [5, 5.41) is 8.82. The van der Waals surface area contributed by atoms with Gasteiger partial charge < -0.3 is 15.6 Å². The number of rotatable bonds is 6. The Kier molecular flexibility index (Phi) is 5.62. The van der Waals surface area contributed by atoms with E-state index < -0.39 is 11.6 Å². The molecule has 8 heteroatoms. The second-order valence-corrected chi connectivity index (χ2v) is 7.54. The van der Waals surface area contributed by atoms with E-state index >= 15 is 0 Å². The highest BCUT2D eigenvalue weighted by Gasteiger charge is 2.29. The number of thiazole rings is 1. The van der Waals surface area contributed by atoms with E-state index in [9.17, 15) is 9.59 Å². The topological polar surface area (TPSA) is 86.9 Å². The Labute approximate surface area is 166 Å². The second-order valence-electron chi connectivity index (χ2n) is 6.20. The highest BCUT2D eigenvalue weighted by Crippen LogP contribution is 2.27. The van der Waals surface area contributed by atoms with Crippen molar-refractivity contribution in [2.45, 2.75) is 25.8 Å². The van der Waals surface area contributed by atoms with Crippen molar-refractivity contribution < 1.29 is 9.59 Å². The molecule has 3 rings (SSSR count). The van der Waals surface area contributed by atoms with Gasteiger partial charge in [0, 0.05) is 28.4 Å². The molecular formula is C19H19ClN4O2S. The molecule has 0 bridgehead atoms. The van der Waals surface area contributed by atoms with Gasteiger partial charge in [-0.15, -0.1) is 11.3 Å². The molecule has 3 aromatic rings. The van der Waals surface area contributed by atoms with Crippen LogP contribution in [0.4, 0.5) is 10.5 Å². The lowest BCUT2D eigenvalue weighted by atomic mass is 10.0. The lowest BCUT2D eigenvalue weighted by Gasteiger charge is -2.27. The molecule has 2 aromatic heterocycles. The van der Waals surface area contributed by atoms with Crippen molar-refractivity contribution in [3.05, 3.63) is 69.4 Å². The van der Waals surface area contributed by atoms with E-state index in [4.69, 9.17) is 11.6 Å². The summed E-state index contributed by atoms with van der Waals surface area (Å²) < 4.78 is 0. The summed E-state index contributed by atoms with van der Waals surface area (Å²) in [6, 6.07) is 7.77. The molecule has 2 amide bonds. The summed E-state index contributed by atoms with van der Waals surface area (Å²) in [6.45, 7) is 3.89.